The fraction of sp³-hybridized carbons (Fsp3) is 0.615. The van der Waals surface area contributed by atoms with Crippen LogP contribution in [0.25, 0.3) is 0 Å². The molecule has 0 aliphatic carbocycles. The monoisotopic (exact) mass is 233 g/mol. The minimum atomic E-state index is 0.165. The van der Waals surface area contributed by atoms with E-state index < -0.39 is 0 Å². The minimum absolute atomic E-state index is 0.165. The SMILES string of the molecule is Cc1cncc(C(NN)C2CC3CCC2O3)c1. The Bertz CT molecular complexity index is 409. The molecule has 3 rings (SSSR count). The second kappa shape index (κ2) is 4.37. The number of aromatic nitrogens is 1. The summed E-state index contributed by atoms with van der Waals surface area (Å²) in [5.74, 6) is 6.22. The lowest BCUT2D eigenvalue weighted by molar-refractivity contribution is 0.0856. The molecule has 4 atom stereocenters. The topological polar surface area (TPSA) is 60.2 Å². The number of fused-ring (bicyclic) bond motifs is 2. The first-order valence-electron chi connectivity index (χ1n) is 6.31. The largest absolute Gasteiger partial charge is 0.375 e. The summed E-state index contributed by atoms with van der Waals surface area (Å²) in [5, 5.41) is 0. The first-order chi connectivity index (χ1) is 8.28. The smallest absolute Gasteiger partial charge is 0.0627 e. The second-order valence-corrected chi connectivity index (χ2v) is 5.21. The van der Waals surface area contributed by atoms with E-state index in [1.807, 2.05) is 12.4 Å². The molecule has 2 aliphatic rings. The van der Waals surface area contributed by atoms with E-state index in [4.69, 9.17) is 10.6 Å². The summed E-state index contributed by atoms with van der Waals surface area (Å²) in [4.78, 5) is 4.25. The van der Waals surface area contributed by atoms with Crippen molar-refractivity contribution in [2.45, 2.75) is 44.4 Å². The van der Waals surface area contributed by atoms with Crippen molar-refractivity contribution < 1.29 is 4.74 Å². The summed E-state index contributed by atoms with van der Waals surface area (Å²) in [6, 6.07) is 2.32. The van der Waals surface area contributed by atoms with Gasteiger partial charge in [0.05, 0.1) is 18.2 Å². The molecule has 2 bridgehead atoms. The predicted molar refractivity (Wildman–Crippen MR) is 65.0 cm³/mol. The van der Waals surface area contributed by atoms with Crippen LogP contribution in [0.15, 0.2) is 18.5 Å². The Morgan fingerprint density at radius 1 is 1.47 bits per heavy atom. The number of nitrogens with two attached hydrogens (primary N) is 1. The van der Waals surface area contributed by atoms with Gasteiger partial charge >= 0.3 is 0 Å². The van der Waals surface area contributed by atoms with Gasteiger partial charge in [0.1, 0.15) is 0 Å². The molecule has 4 heteroatoms. The Labute approximate surface area is 102 Å². The van der Waals surface area contributed by atoms with Crippen LogP contribution in [-0.4, -0.2) is 17.2 Å². The van der Waals surface area contributed by atoms with Gasteiger partial charge in [0.2, 0.25) is 0 Å². The quantitative estimate of drug-likeness (QED) is 0.613. The zero-order valence-electron chi connectivity index (χ0n) is 10.1. The molecule has 0 amide bonds. The van der Waals surface area contributed by atoms with Crippen LogP contribution in [-0.2, 0) is 4.74 Å². The Hall–Kier alpha value is -0.970. The van der Waals surface area contributed by atoms with Gasteiger partial charge in [0.25, 0.3) is 0 Å². The number of nitrogens with one attached hydrogen (secondary N) is 1. The molecule has 0 saturated carbocycles. The lowest BCUT2D eigenvalue weighted by Gasteiger charge is -2.28. The highest BCUT2D eigenvalue weighted by Gasteiger charge is 2.44. The third-order valence-electron chi connectivity index (χ3n) is 4.02. The number of hydrogen-bond donors (Lipinski definition) is 2. The third kappa shape index (κ3) is 1.97. The van der Waals surface area contributed by atoms with E-state index in [9.17, 15) is 0 Å². The van der Waals surface area contributed by atoms with Gasteiger partial charge in [-0.2, -0.15) is 0 Å². The van der Waals surface area contributed by atoms with Gasteiger partial charge in [-0.15, -0.1) is 0 Å². The molecule has 17 heavy (non-hydrogen) atoms. The fourth-order valence-electron chi connectivity index (χ4n) is 3.24. The van der Waals surface area contributed by atoms with E-state index in [0.717, 1.165) is 6.42 Å². The Kier molecular flexibility index (Phi) is 2.86. The predicted octanol–water partition coefficient (Wildman–Crippen LogP) is 1.46. The van der Waals surface area contributed by atoms with Crippen molar-refractivity contribution in [1.82, 2.24) is 10.4 Å². The van der Waals surface area contributed by atoms with Gasteiger partial charge in [0, 0.05) is 18.3 Å². The molecule has 3 N–H and O–H groups in total. The van der Waals surface area contributed by atoms with Crippen LogP contribution in [0, 0.1) is 12.8 Å². The molecule has 1 aromatic rings. The molecule has 2 aliphatic heterocycles. The van der Waals surface area contributed by atoms with Crippen molar-refractivity contribution in [3.05, 3.63) is 29.6 Å². The Balaban J connectivity index is 1.84. The maximum Gasteiger partial charge on any atom is 0.0627 e. The maximum absolute atomic E-state index is 5.90. The molecule has 2 fully saturated rings. The van der Waals surface area contributed by atoms with Crippen LogP contribution in [0.1, 0.15) is 36.4 Å². The molecule has 1 aromatic heterocycles. The summed E-state index contributed by atoms with van der Waals surface area (Å²) in [6.07, 6.45) is 8.11. The number of pyridine rings is 1. The van der Waals surface area contributed by atoms with E-state index >= 15 is 0 Å². The minimum Gasteiger partial charge on any atom is -0.375 e. The highest BCUT2D eigenvalue weighted by atomic mass is 16.5. The van der Waals surface area contributed by atoms with Crippen molar-refractivity contribution in [3.63, 3.8) is 0 Å². The van der Waals surface area contributed by atoms with Gasteiger partial charge in [0.15, 0.2) is 0 Å². The van der Waals surface area contributed by atoms with E-state index in [2.05, 4.69) is 23.4 Å². The van der Waals surface area contributed by atoms with Crippen LogP contribution < -0.4 is 11.3 Å². The van der Waals surface area contributed by atoms with Crippen molar-refractivity contribution in [1.29, 1.82) is 0 Å². The molecule has 0 spiro atoms. The van der Waals surface area contributed by atoms with E-state index in [-0.39, 0.29) is 6.04 Å². The van der Waals surface area contributed by atoms with Gasteiger partial charge in [-0.05, 0) is 37.3 Å². The molecule has 0 aromatic carbocycles. The molecule has 4 nitrogen and oxygen atoms in total. The second-order valence-electron chi connectivity index (χ2n) is 5.21. The number of ether oxygens (including phenoxy) is 1. The van der Waals surface area contributed by atoms with E-state index in [0.29, 0.717) is 18.1 Å². The molecule has 3 heterocycles. The van der Waals surface area contributed by atoms with Gasteiger partial charge in [-0.25, -0.2) is 0 Å². The summed E-state index contributed by atoms with van der Waals surface area (Å²) < 4.78 is 5.90. The van der Waals surface area contributed by atoms with E-state index in [1.54, 1.807) is 0 Å². The van der Waals surface area contributed by atoms with Crippen molar-refractivity contribution in [2.75, 3.05) is 0 Å². The standard InChI is InChI=1S/C13H19N3O/c1-8-4-9(7-15-6-8)13(16-14)11-5-10-2-3-12(11)17-10/h4,6-7,10-13,16H,2-3,5,14H2,1H3. The summed E-state index contributed by atoms with van der Waals surface area (Å²) in [7, 11) is 0. The zero-order valence-corrected chi connectivity index (χ0v) is 10.1. The van der Waals surface area contributed by atoms with Crippen molar-refractivity contribution in [2.24, 2.45) is 11.8 Å². The Morgan fingerprint density at radius 3 is 2.94 bits per heavy atom. The molecular formula is C13H19N3O. The molecule has 2 saturated heterocycles. The number of rotatable bonds is 3. The number of hydrogen-bond acceptors (Lipinski definition) is 4. The molecule has 92 valence electrons. The number of aryl methyl sites for hydroxylation is 1. The number of hydrazine groups is 1. The lowest BCUT2D eigenvalue weighted by atomic mass is 9.81. The van der Waals surface area contributed by atoms with Crippen LogP contribution in [0.2, 0.25) is 0 Å². The average molecular weight is 233 g/mol. The fourth-order valence-corrected chi connectivity index (χ4v) is 3.24. The summed E-state index contributed by atoms with van der Waals surface area (Å²) >= 11 is 0. The summed E-state index contributed by atoms with van der Waals surface area (Å²) in [5.41, 5.74) is 5.30. The highest BCUT2D eigenvalue weighted by molar-refractivity contribution is 5.22. The molecule has 4 unspecified atom stereocenters. The molecule has 0 radical (unpaired) electrons. The average Bonchev–Trinajstić information content (AvgIpc) is 2.92. The van der Waals surface area contributed by atoms with Crippen molar-refractivity contribution >= 4 is 0 Å². The number of nitrogens with zero attached hydrogens (tertiary/aromatic N) is 1. The van der Waals surface area contributed by atoms with Crippen LogP contribution in [0.5, 0.6) is 0 Å². The van der Waals surface area contributed by atoms with Crippen LogP contribution >= 0.6 is 0 Å². The normalized spacial score (nSPS) is 32.9. The summed E-state index contributed by atoms with van der Waals surface area (Å²) in [6.45, 7) is 2.06. The maximum atomic E-state index is 5.90. The Morgan fingerprint density at radius 2 is 2.35 bits per heavy atom. The zero-order chi connectivity index (χ0) is 11.8. The third-order valence-corrected chi connectivity index (χ3v) is 4.02. The van der Waals surface area contributed by atoms with Gasteiger partial charge in [-0.1, -0.05) is 6.07 Å². The van der Waals surface area contributed by atoms with E-state index in [1.165, 1.54) is 24.0 Å². The van der Waals surface area contributed by atoms with Gasteiger partial charge in [-0.3, -0.25) is 16.3 Å². The van der Waals surface area contributed by atoms with Crippen LogP contribution in [0.3, 0.4) is 0 Å². The lowest BCUT2D eigenvalue weighted by Crippen LogP contribution is -2.37. The first-order valence-corrected chi connectivity index (χ1v) is 6.31. The molecular weight excluding hydrogens is 214 g/mol. The van der Waals surface area contributed by atoms with Crippen molar-refractivity contribution in [3.8, 4) is 0 Å². The van der Waals surface area contributed by atoms with Gasteiger partial charge < -0.3 is 4.74 Å². The highest BCUT2D eigenvalue weighted by Crippen LogP contribution is 2.44. The van der Waals surface area contributed by atoms with Crippen LogP contribution in [0.4, 0.5) is 0 Å². The first kappa shape index (κ1) is 11.1.